The van der Waals surface area contributed by atoms with Crippen LogP contribution in [0.25, 0.3) is 0 Å². The van der Waals surface area contributed by atoms with Crippen molar-refractivity contribution in [2.75, 3.05) is 26.6 Å². The molecule has 0 aromatic heterocycles. The molecule has 0 fully saturated rings. The summed E-state index contributed by atoms with van der Waals surface area (Å²) in [5.74, 6) is -2.78. The standard InChI is InChI=1S/C19H19ClF3NO5/c1-10-5-6-12(9-13(10)20)24-18(17(26)29-4,19(21,22)23)11-7-14(27-2)16(25)15(8-11)28-3/h5-9,24-25H,1-4H3/t18-/m1/s1. The van der Waals surface area contributed by atoms with Gasteiger partial charge in [-0.1, -0.05) is 17.7 Å². The number of phenolic OH excluding ortho intramolecular Hbond substituents is 1. The highest BCUT2D eigenvalue weighted by Gasteiger charge is 2.63. The second kappa shape index (κ2) is 8.28. The zero-order valence-corrected chi connectivity index (χ0v) is 16.7. The zero-order chi connectivity index (χ0) is 22.0. The van der Waals surface area contributed by atoms with Crippen LogP contribution < -0.4 is 14.8 Å². The lowest BCUT2D eigenvalue weighted by Gasteiger charge is -2.35. The van der Waals surface area contributed by atoms with Crippen LogP contribution in [0, 0.1) is 6.92 Å². The number of rotatable bonds is 6. The summed E-state index contributed by atoms with van der Waals surface area (Å²) in [6.45, 7) is 1.68. The lowest BCUT2D eigenvalue weighted by atomic mass is 9.87. The number of ether oxygens (including phenoxy) is 3. The fourth-order valence-electron chi connectivity index (χ4n) is 2.74. The van der Waals surface area contributed by atoms with Crippen LogP contribution >= 0.6 is 11.6 Å². The number of carbonyl (C=O) groups is 1. The highest BCUT2D eigenvalue weighted by Crippen LogP contribution is 2.48. The maximum absolute atomic E-state index is 14.4. The minimum atomic E-state index is -5.16. The molecule has 0 aliphatic rings. The van der Waals surface area contributed by atoms with E-state index in [1.54, 1.807) is 6.92 Å². The Morgan fingerprint density at radius 3 is 2.03 bits per heavy atom. The van der Waals surface area contributed by atoms with E-state index in [2.05, 4.69) is 10.1 Å². The van der Waals surface area contributed by atoms with Crippen molar-refractivity contribution >= 4 is 23.3 Å². The number of carbonyl (C=O) groups excluding carboxylic acids is 1. The van der Waals surface area contributed by atoms with Crippen molar-refractivity contribution < 1.29 is 37.3 Å². The smallest absolute Gasteiger partial charge is 0.426 e. The molecule has 158 valence electrons. The van der Waals surface area contributed by atoms with Gasteiger partial charge in [-0.25, -0.2) is 4.79 Å². The summed E-state index contributed by atoms with van der Waals surface area (Å²) in [5, 5.41) is 12.5. The molecule has 0 saturated heterocycles. The molecule has 0 amide bonds. The van der Waals surface area contributed by atoms with Crippen molar-refractivity contribution in [2.24, 2.45) is 0 Å². The minimum Gasteiger partial charge on any atom is -0.502 e. The Kier molecular flexibility index (Phi) is 6.42. The highest BCUT2D eigenvalue weighted by atomic mass is 35.5. The average Bonchev–Trinajstić information content (AvgIpc) is 2.67. The Morgan fingerprint density at radius 2 is 1.62 bits per heavy atom. The average molecular weight is 434 g/mol. The maximum Gasteiger partial charge on any atom is 0.426 e. The first kappa shape index (κ1) is 22.5. The van der Waals surface area contributed by atoms with Crippen LogP contribution in [0.4, 0.5) is 18.9 Å². The van der Waals surface area contributed by atoms with E-state index in [9.17, 15) is 23.1 Å². The number of alkyl halides is 3. The molecule has 2 aromatic rings. The van der Waals surface area contributed by atoms with Crippen molar-refractivity contribution in [1.82, 2.24) is 0 Å². The van der Waals surface area contributed by atoms with E-state index in [1.165, 1.54) is 18.2 Å². The predicted molar refractivity (Wildman–Crippen MR) is 101 cm³/mol. The van der Waals surface area contributed by atoms with E-state index in [1.807, 2.05) is 0 Å². The number of aryl methyl sites for hydroxylation is 1. The maximum atomic E-state index is 14.4. The molecule has 0 saturated carbocycles. The lowest BCUT2D eigenvalue weighted by molar-refractivity contribution is -0.201. The van der Waals surface area contributed by atoms with E-state index in [0.717, 1.165) is 33.5 Å². The van der Waals surface area contributed by atoms with Gasteiger partial charge in [0.2, 0.25) is 5.75 Å². The van der Waals surface area contributed by atoms with Gasteiger partial charge in [0.1, 0.15) is 0 Å². The van der Waals surface area contributed by atoms with Gasteiger partial charge >= 0.3 is 12.1 Å². The van der Waals surface area contributed by atoms with Crippen LogP contribution in [0.15, 0.2) is 30.3 Å². The zero-order valence-electron chi connectivity index (χ0n) is 16.0. The molecule has 1 atom stereocenters. The summed E-state index contributed by atoms with van der Waals surface area (Å²) in [6.07, 6.45) is -5.16. The molecular weight excluding hydrogens is 415 g/mol. The van der Waals surface area contributed by atoms with Crippen LogP contribution in [0.3, 0.4) is 0 Å². The number of benzene rings is 2. The molecule has 0 unspecified atom stereocenters. The fourth-order valence-corrected chi connectivity index (χ4v) is 2.92. The van der Waals surface area contributed by atoms with Crippen molar-refractivity contribution in [3.8, 4) is 17.2 Å². The van der Waals surface area contributed by atoms with Crippen LogP contribution in [0.1, 0.15) is 11.1 Å². The van der Waals surface area contributed by atoms with Crippen molar-refractivity contribution in [2.45, 2.75) is 18.6 Å². The molecule has 0 aliphatic carbocycles. The van der Waals surface area contributed by atoms with E-state index in [4.69, 9.17) is 21.1 Å². The first-order chi connectivity index (χ1) is 13.5. The van der Waals surface area contributed by atoms with Gasteiger partial charge in [0, 0.05) is 16.3 Å². The fraction of sp³-hybridized carbons (Fsp3) is 0.316. The van der Waals surface area contributed by atoms with Gasteiger partial charge in [-0.3, -0.25) is 0 Å². The molecule has 0 heterocycles. The third-order valence-electron chi connectivity index (χ3n) is 4.33. The Labute approximate surface area is 170 Å². The van der Waals surface area contributed by atoms with Gasteiger partial charge in [0.05, 0.1) is 21.3 Å². The van der Waals surface area contributed by atoms with Crippen LogP contribution in [0.2, 0.25) is 5.02 Å². The summed E-state index contributed by atoms with van der Waals surface area (Å²) in [6, 6.07) is 5.87. The summed E-state index contributed by atoms with van der Waals surface area (Å²) in [5.41, 5.74) is -3.38. The third kappa shape index (κ3) is 4.00. The lowest BCUT2D eigenvalue weighted by Crippen LogP contribution is -2.55. The number of esters is 1. The summed E-state index contributed by atoms with van der Waals surface area (Å²) in [4.78, 5) is 12.5. The number of nitrogens with one attached hydrogen (secondary N) is 1. The van der Waals surface area contributed by atoms with Crippen molar-refractivity contribution in [3.63, 3.8) is 0 Å². The molecule has 6 nitrogen and oxygen atoms in total. The van der Waals surface area contributed by atoms with Crippen molar-refractivity contribution in [1.29, 1.82) is 0 Å². The number of phenols is 1. The van der Waals surface area contributed by atoms with Gasteiger partial charge in [-0.05, 0) is 36.8 Å². The number of hydrogen-bond acceptors (Lipinski definition) is 6. The van der Waals surface area contributed by atoms with E-state index in [-0.39, 0.29) is 22.2 Å². The van der Waals surface area contributed by atoms with Crippen LogP contribution in [-0.4, -0.2) is 38.6 Å². The Hall–Kier alpha value is -2.81. The summed E-state index contributed by atoms with van der Waals surface area (Å²) in [7, 11) is 3.14. The van der Waals surface area contributed by atoms with Gasteiger partial charge in [0.15, 0.2) is 11.5 Å². The quantitative estimate of drug-likeness (QED) is 0.657. The first-order valence-electron chi connectivity index (χ1n) is 8.16. The SMILES string of the molecule is COC(=O)[C@](Nc1ccc(C)c(Cl)c1)(c1cc(OC)c(O)c(OC)c1)C(F)(F)F. The third-order valence-corrected chi connectivity index (χ3v) is 4.74. The molecule has 2 rings (SSSR count). The molecule has 29 heavy (non-hydrogen) atoms. The molecule has 2 N–H and O–H groups in total. The van der Waals surface area contributed by atoms with Gasteiger partial charge in [-0.2, -0.15) is 13.2 Å². The molecule has 10 heteroatoms. The predicted octanol–water partition coefficient (Wildman–Crippen LogP) is 4.41. The number of halogens is 4. The Morgan fingerprint density at radius 1 is 1.07 bits per heavy atom. The molecule has 0 radical (unpaired) electrons. The molecular formula is C19H19ClF3NO5. The number of aromatic hydroxyl groups is 1. The Bertz CT molecular complexity index is 894. The van der Waals surface area contributed by atoms with Gasteiger partial charge < -0.3 is 24.6 Å². The van der Waals surface area contributed by atoms with E-state index in [0.29, 0.717) is 5.56 Å². The number of hydrogen-bond donors (Lipinski definition) is 2. The first-order valence-corrected chi connectivity index (χ1v) is 8.54. The van der Waals surface area contributed by atoms with E-state index >= 15 is 0 Å². The minimum absolute atomic E-state index is 0.0747. The summed E-state index contributed by atoms with van der Waals surface area (Å²) >= 11 is 6.02. The summed E-state index contributed by atoms with van der Waals surface area (Å²) < 4.78 is 57.6. The van der Waals surface area contributed by atoms with Crippen LogP contribution in [0.5, 0.6) is 17.2 Å². The normalized spacial score (nSPS) is 13.4. The largest absolute Gasteiger partial charge is 0.502 e. The highest BCUT2D eigenvalue weighted by molar-refractivity contribution is 6.31. The number of methoxy groups -OCH3 is 3. The second-order valence-electron chi connectivity index (χ2n) is 6.06. The Balaban J connectivity index is 2.83. The second-order valence-corrected chi connectivity index (χ2v) is 6.46. The monoisotopic (exact) mass is 433 g/mol. The molecule has 0 aliphatic heterocycles. The van der Waals surface area contributed by atoms with Crippen molar-refractivity contribution in [3.05, 3.63) is 46.5 Å². The molecule has 0 bridgehead atoms. The molecule has 0 spiro atoms. The van der Waals surface area contributed by atoms with Gasteiger partial charge in [0.25, 0.3) is 5.54 Å². The molecule has 2 aromatic carbocycles. The topological polar surface area (TPSA) is 77.0 Å². The van der Waals surface area contributed by atoms with Gasteiger partial charge in [-0.15, -0.1) is 0 Å². The number of anilines is 1. The van der Waals surface area contributed by atoms with Crippen LogP contribution in [-0.2, 0) is 15.1 Å². The van der Waals surface area contributed by atoms with E-state index < -0.39 is 29.0 Å².